The van der Waals surface area contributed by atoms with Gasteiger partial charge in [0.1, 0.15) is 15.1 Å². The zero-order chi connectivity index (χ0) is 23.2. The molecule has 3 N–H and O–H groups in total. The van der Waals surface area contributed by atoms with Gasteiger partial charge in [-0.05, 0) is 64.2 Å². The van der Waals surface area contributed by atoms with Gasteiger partial charge in [-0.3, -0.25) is 0 Å². The van der Waals surface area contributed by atoms with Crippen LogP contribution in [0.2, 0.25) is 11.6 Å². The summed E-state index contributed by atoms with van der Waals surface area (Å²) in [5, 5.41) is 32.9. The third-order valence-electron chi connectivity index (χ3n) is 9.17. The zero-order valence-electron chi connectivity index (χ0n) is 21.0. The Labute approximate surface area is 200 Å². The van der Waals surface area contributed by atoms with Crippen LogP contribution >= 0.6 is 0 Å². The van der Waals surface area contributed by atoms with Crippen molar-refractivity contribution < 1.29 is 15.3 Å². The van der Waals surface area contributed by atoms with Crippen LogP contribution in [0, 0.1) is 11.8 Å². The van der Waals surface area contributed by atoms with Crippen molar-refractivity contribution in [3.63, 3.8) is 0 Å². The molecule has 0 aliphatic heterocycles. The van der Waals surface area contributed by atoms with Gasteiger partial charge in [0.25, 0.3) is 0 Å². The molecular formula is C27H49B2O3. The number of rotatable bonds is 2. The fourth-order valence-corrected chi connectivity index (χ4v) is 7.09. The van der Waals surface area contributed by atoms with Crippen LogP contribution in [0.4, 0.5) is 0 Å². The van der Waals surface area contributed by atoms with Crippen LogP contribution in [0.25, 0.3) is 0 Å². The van der Waals surface area contributed by atoms with E-state index in [0.717, 1.165) is 89.9 Å². The highest BCUT2D eigenvalue weighted by Crippen LogP contribution is 2.47. The summed E-state index contributed by atoms with van der Waals surface area (Å²) in [6.45, 7) is 4.01. The summed E-state index contributed by atoms with van der Waals surface area (Å²) in [6.07, 6.45) is 18.5. The van der Waals surface area contributed by atoms with Gasteiger partial charge in [-0.15, -0.1) is 0 Å². The maximum atomic E-state index is 11.4. The second-order valence-electron chi connectivity index (χ2n) is 12.4. The second kappa shape index (κ2) is 11.6. The van der Waals surface area contributed by atoms with E-state index in [-0.39, 0.29) is 5.92 Å². The zero-order valence-corrected chi connectivity index (χ0v) is 21.0. The van der Waals surface area contributed by atoms with Gasteiger partial charge in [-0.2, -0.15) is 0 Å². The van der Waals surface area contributed by atoms with Crippen molar-refractivity contribution in [1.29, 1.82) is 0 Å². The van der Waals surface area contributed by atoms with Crippen LogP contribution in [0.15, 0.2) is 0 Å². The van der Waals surface area contributed by atoms with Gasteiger partial charge in [0.15, 0.2) is 0 Å². The Morgan fingerprint density at radius 1 is 0.625 bits per heavy atom. The maximum Gasteiger partial charge on any atom is 0.118 e. The van der Waals surface area contributed by atoms with E-state index in [1.54, 1.807) is 0 Å². The molecule has 3 saturated carbocycles. The monoisotopic (exact) mass is 443 g/mol. The van der Waals surface area contributed by atoms with Gasteiger partial charge in [-0.1, -0.05) is 88.7 Å². The standard InChI is InChI=1S/C27H49B2O3/c1-25(30)16-9-6-13-23-22(12-4-3-7-19-27(23,28)32)24(14-10-18-25)29-21-11-5-8-17-26(2,31)20-15-21/h21-24,30-32H,3-20H2,1-2H3. The average Bonchev–Trinajstić information content (AvgIpc) is 2.71. The van der Waals surface area contributed by atoms with Crippen molar-refractivity contribution in [2.24, 2.45) is 11.8 Å². The number of fused-ring (bicyclic) bond motifs is 1. The minimum atomic E-state index is -1.07. The molecule has 3 aliphatic carbocycles. The van der Waals surface area contributed by atoms with Gasteiger partial charge >= 0.3 is 0 Å². The van der Waals surface area contributed by atoms with Gasteiger partial charge in [0.05, 0.1) is 11.2 Å². The van der Waals surface area contributed by atoms with Gasteiger partial charge in [0, 0.05) is 5.50 Å². The van der Waals surface area contributed by atoms with Crippen molar-refractivity contribution in [3.8, 4) is 0 Å². The van der Waals surface area contributed by atoms with E-state index in [0.29, 0.717) is 24.0 Å². The van der Waals surface area contributed by atoms with Crippen molar-refractivity contribution in [1.82, 2.24) is 0 Å². The molecule has 32 heavy (non-hydrogen) atoms. The molecule has 181 valence electrons. The minimum Gasteiger partial charge on any atom is -0.400 e. The van der Waals surface area contributed by atoms with Gasteiger partial charge < -0.3 is 15.3 Å². The first-order valence-corrected chi connectivity index (χ1v) is 13.9. The molecule has 0 bridgehead atoms. The average molecular weight is 443 g/mol. The van der Waals surface area contributed by atoms with Crippen LogP contribution in [-0.2, 0) is 0 Å². The highest BCUT2D eigenvalue weighted by molar-refractivity contribution is 6.39. The first-order valence-electron chi connectivity index (χ1n) is 13.9. The molecule has 0 spiro atoms. The normalized spacial score (nSPS) is 45.8. The summed E-state index contributed by atoms with van der Waals surface area (Å²) in [7, 11) is 9.27. The van der Waals surface area contributed by atoms with E-state index in [2.05, 4.69) is 7.28 Å². The molecular weight excluding hydrogens is 394 g/mol. The van der Waals surface area contributed by atoms with Crippen molar-refractivity contribution >= 4 is 15.1 Å². The topological polar surface area (TPSA) is 60.7 Å². The second-order valence-corrected chi connectivity index (χ2v) is 12.4. The molecule has 0 amide bonds. The Balaban J connectivity index is 1.81. The lowest BCUT2D eigenvalue weighted by atomic mass is 9.44. The molecule has 3 nitrogen and oxygen atoms in total. The number of hydrogen-bond acceptors (Lipinski definition) is 3. The Kier molecular flexibility index (Phi) is 9.67. The maximum absolute atomic E-state index is 11.4. The molecule has 7 unspecified atom stereocenters. The Morgan fingerprint density at radius 2 is 1.22 bits per heavy atom. The van der Waals surface area contributed by atoms with E-state index in [9.17, 15) is 15.3 Å². The molecule has 0 aromatic carbocycles. The lowest BCUT2D eigenvalue weighted by Gasteiger charge is -2.45. The van der Waals surface area contributed by atoms with Crippen LogP contribution < -0.4 is 0 Å². The molecule has 5 heteroatoms. The molecule has 3 aliphatic rings. The predicted octanol–water partition coefficient (Wildman–Crippen LogP) is 5.92. The van der Waals surface area contributed by atoms with Crippen LogP contribution in [0.1, 0.15) is 129 Å². The summed E-state index contributed by atoms with van der Waals surface area (Å²) in [5.41, 5.74) is -2.18. The Morgan fingerprint density at radius 3 is 1.97 bits per heavy atom. The summed E-state index contributed by atoms with van der Waals surface area (Å²) in [5.74, 6) is 1.55. The fourth-order valence-electron chi connectivity index (χ4n) is 7.09. The van der Waals surface area contributed by atoms with Gasteiger partial charge in [-0.25, -0.2) is 0 Å². The van der Waals surface area contributed by atoms with Gasteiger partial charge in [0.2, 0.25) is 0 Å². The summed E-state index contributed by atoms with van der Waals surface area (Å²) in [6, 6.07) is 0. The molecule has 3 radical (unpaired) electrons. The van der Waals surface area contributed by atoms with E-state index in [1.165, 1.54) is 19.3 Å². The quantitative estimate of drug-likeness (QED) is 0.465. The molecule has 7 atom stereocenters. The Hall–Kier alpha value is 0.00987. The molecule has 0 heterocycles. The first kappa shape index (κ1) is 26.6. The largest absolute Gasteiger partial charge is 0.400 e. The molecule has 3 rings (SSSR count). The first-order chi connectivity index (χ1) is 15.1. The predicted molar refractivity (Wildman–Crippen MR) is 135 cm³/mol. The van der Waals surface area contributed by atoms with E-state index < -0.39 is 16.7 Å². The third kappa shape index (κ3) is 8.05. The van der Waals surface area contributed by atoms with E-state index >= 15 is 0 Å². The van der Waals surface area contributed by atoms with Crippen molar-refractivity contribution in [3.05, 3.63) is 0 Å². The molecule has 3 fully saturated rings. The number of hydrogen-bond donors (Lipinski definition) is 3. The van der Waals surface area contributed by atoms with Crippen LogP contribution in [0.5, 0.6) is 0 Å². The lowest BCUT2D eigenvalue weighted by molar-refractivity contribution is 0.00346. The lowest BCUT2D eigenvalue weighted by Crippen LogP contribution is -2.45. The SMILES string of the molecule is [B]C1(O)CCCCCC2C([B]C3CCCCC(C)(O)CC3)CCCC(C)(O)CCCCC21. The van der Waals surface area contributed by atoms with Crippen molar-refractivity contribution in [2.75, 3.05) is 0 Å². The fraction of sp³-hybridized carbons (Fsp3) is 1.00. The third-order valence-corrected chi connectivity index (χ3v) is 9.17. The summed E-state index contributed by atoms with van der Waals surface area (Å²) >= 11 is 0. The van der Waals surface area contributed by atoms with E-state index in [1.807, 2.05) is 13.8 Å². The van der Waals surface area contributed by atoms with Crippen LogP contribution in [-0.4, -0.2) is 47.1 Å². The summed E-state index contributed by atoms with van der Waals surface area (Å²) in [4.78, 5) is 0. The number of aliphatic hydroxyl groups is 3. The minimum absolute atomic E-state index is 0.142. The molecule has 0 aromatic rings. The highest BCUT2D eigenvalue weighted by atomic mass is 16.3. The summed E-state index contributed by atoms with van der Waals surface area (Å²) < 4.78 is 0. The smallest absolute Gasteiger partial charge is 0.118 e. The van der Waals surface area contributed by atoms with Crippen LogP contribution in [0.3, 0.4) is 0 Å². The molecule has 0 aromatic heterocycles. The Bertz CT molecular complexity index is 563. The molecule has 0 saturated heterocycles. The van der Waals surface area contributed by atoms with Crippen molar-refractivity contribution in [2.45, 2.75) is 158 Å². The highest BCUT2D eigenvalue weighted by Gasteiger charge is 2.41. The van der Waals surface area contributed by atoms with E-state index in [4.69, 9.17) is 7.85 Å².